The average Bonchev–Trinajstić information content (AvgIpc) is 3.19. The summed E-state index contributed by atoms with van der Waals surface area (Å²) in [6.07, 6.45) is 3.07. The van der Waals surface area contributed by atoms with Gasteiger partial charge in [0, 0.05) is 23.9 Å². The molecule has 116 valence electrons. The number of hydrogen-bond acceptors (Lipinski definition) is 4. The highest BCUT2D eigenvalue weighted by atomic mass is 32.1. The maximum absolute atomic E-state index is 11.9. The zero-order valence-electron chi connectivity index (χ0n) is 12.2. The molecule has 1 saturated carbocycles. The van der Waals surface area contributed by atoms with Crippen LogP contribution in [0.5, 0.6) is 0 Å². The van der Waals surface area contributed by atoms with Crippen molar-refractivity contribution in [2.24, 2.45) is 5.92 Å². The first-order chi connectivity index (χ1) is 10.0. The van der Waals surface area contributed by atoms with Crippen molar-refractivity contribution in [3.63, 3.8) is 0 Å². The van der Waals surface area contributed by atoms with E-state index in [0.29, 0.717) is 30.9 Å². The van der Waals surface area contributed by atoms with Crippen molar-refractivity contribution < 1.29 is 14.7 Å². The summed E-state index contributed by atoms with van der Waals surface area (Å²) in [4.78, 5) is 23.6. The Morgan fingerprint density at radius 3 is 2.81 bits per heavy atom. The number of amides is 2. The first-order valence-corrected chi connectivity index (χ1v) is 8.22. The van der Waals surface area contributed by atoms with E-state index in [0.717, 1.165) is 12.8 Å². The standard InChI is InChI=1S/C15H22N2O3S/c1-15(10-18,12-4-5-12)17-13(19)3-2-7-16-14(20)11-6-8-21-9-11/h6,8-9,12,18H,2-5,7,10H2,1H3,(H,16,20)(H,17,19). The number of carbonyl (C=O) groups excluding carboxylic acids is 2. The third-order valence-electron chi connectivity index (χ3n) is 3.88. The molecule has 6 heteroatoms. The van der Waals surface area contributed by atoms with Gasteiger partial charge in [-0.15, -0.1) is 0 Å². The summed E-state index contributed by atoms with van der Waals surface area (Å²) < 4.78 is 0. The van der Waals surface area contributed by atoms with Gasteiger partial charge in [-0.1, -0.05) is 0 Å². The Kier molecular flexibility index (Phi) is 5.36. The van der Waals surface area contributed by atoms with Gasteiger partial charge in [0.2, 0.25) is 5.91 Å². The molecule has 2 rings (SSSR count). The van der Waals surface area contributed by atoms with Crippen LogP contribution in [0, 0.1) is 5.92 Å². The van der Waals surface area contributed by atoms with Crippen LogP contribution < -0.4 is 10.6 Å². The Morgan fingerprint density at radius 2 is 2.24 bits per heavy atom. The zero-order chi connectivity index (χ0) is 15.3. The molecule has 3 N–H and O–H groups in total. The van der Waals surface area contributed by atoms with Gasteiger partial charge in [-0.2, -0.15) is 11.3 Å². The van der Waals surface area contributed by atoms with Gasteiger partial charge in [-0.3, -0.25) is 9.59 Å². The number of aliphatic hydroxyl groups is 1. The van der Waals surface area contributed by atoms with Gasteiger partial charge < -0.3 is 15.7 Å². The summed E-state index contributed by atoms with van der Waals surface area (Å²) in [6, 6.07) is 1.77. The lowest BCUT2D eigenvalue weighted by molar-refractivity contribution is -0.123. The summed E-state index contributed by atoms with van der Waals surface area (Å²) in [5.41, 5.74) is 0.169. The predicted octanol–water partition coefficient (Wildman–Crippen LogP) is 1.54. The van der Waals surface area contributed by atoms with Crippen LogP contribution in [-0.4, -0.2) is 35.6 Å². The van der Waals surface area contributed by atoms with E-state index in [9.17, 15) is 14.7 Å². The van der Waals surface area contributed by atoms with Crippen LogP contribution >= 0.6 is 11.3 Å². The van der Waals surface area contributed by atoms with Gasteiger partial charge in [-0.25, -0.2) is 0 Å². The molecule has 0 radical (unpaired) electrons. The molecular formula is C15H22N2O3S. The highest BCUT2D eigenvalue weighted by molar-refractivity contribution is 7.08. The van der Waals surface area contributed by atoms with E-state index in [2.05, 4.69) is 10.6 Å². The van der Waals surface area contributed by atoms with Crippen molar-refractivity contribution in [3.8, 4) is 0 Å². The van der Waals surface area contributed by atoms with Crippen molar-refractivity contribution in [1.29, 1.82) is 0 Å². The molecule has 1 fully saturated rings. The van der Waals surface area contributed by atoms with E-state index >= 15 is 0 Å². The summed E-state index contributed by atoms with van der Waals surface area (Å²) in [7, 11) is 0. The fourth-order valence-electron chi connectivity index (χ4n) is 2.32. The lowest BCUT2D eigenvalue weighted by Crippen LogP contribution is -2.50. The van der Waals surface area contributed by atoms with Gasteiger partial charge >= 0.3 is 0 Å². The zero-order valence-corrected chi connectivity index (χ0v) is 13.0. The topological polar surface area (TPSA) is 78.4 Å². The molecule has 0 spiro atoms. The van der Waals surface area contributed by atoms with E-state index < -0.39 is 5.54 Å². The Labute approximate surface area is 128 Å². The summed E-state index contributed by atoms with van der Waals surface area (Å²) in [5, 5.41) is 18.8. The molecule has 21 heavy (non-hydrogen) atoms. The normalized spacial score (nSPS) is 17.0. The first-order valence-electron chi connectivity index (χ1n) is 7.27. The third-order valence-corrected chi connectivity index (χ3v) is 4.56. The molecule has 0 saturated heterocycles. The number of aliphatic hydroxyl groups excluding tert-OH is 1. The minimum atomic E-state index is -0.489. The molecule has 2 amide bonds. The van der Waals surface area contributed by atoms with Gasteiger partial charge in [0.15, 0.2) is 0 Å². The molecule has 1 atom stereocenters. The number of hydrogen-bond donors (Lipinski definition) is 3. The van der Waals surface area contributed by atoms with Crippen LogP contribution in [0.4, 0.5) is 0 Å². The van der Waals surface area contributed by atoms with Crippen LogP contribution in [0.3, 0.4) is 0 Å². The summed E-state index contributed by atoms with van der Waals surface area (Å²) in [6.45, 7) is 2.33. The van der Waals surface area contributed by atoms with Crippen LogP contribution in [0.15, 0.2) is 16.8 Å². The van der Waals surface area contributed by atoms with E-state index in [4.69, 9.17) is 0 Å². The maximum Gasteiger partial charge on any atom is 0.252 e. The smallest absolute Gasteiger partial charge is 0.252 e. The highest BCUT2D eigenvalue weighted by Crippen LogP contribution is 2.39. The minimum Gasteiger partial charge on any atom is -0.394 e. The molecule has 1 aliphatic carbocycles. The quantitative estimate of drug-likeness (QED) is 0.637. The Balaban J connectivity index is 1.64. The lowest BCUT2D eigenvalue weighted by Gasteiger charge is -2.28. The molecule has 0 aliphatic heterocycles. The molecule has 1 aromatic heterocycles. The fraction of sp³-hybridized carbons (Fsp3) is 0.600. The van der Waals surface area contributed by atoms with Crippen molar-refractivity contribution in [2.45, 2.75) is 38.1 Å². The summed E-state index contributed by atoms with van der Waals surface area (Å²) in [5.74, 6) is 0.225. The second kappa shape index (κ2) is 7.04. The van der Waals surface area contributed by atoms with E-state index in [1.807, 2.05) is 12.3 Å². The van der Waals surface area contributed by atoms with Crippen molar-refractivity contribution in [1.82, 2.24) is 10.6 Å². The molecule has 5 nitrogen and oxygen atoms in total. The van der Waals surface area contributed by atoms with Crippen LogP contribution in [-0.2, 0) is 4.79 Å². The van der Waals surface area contributed by atoms with Gasteiger partial charge in [-0.05, 0) is 43.6 Å². The van der Waals surface area contributed by atoms with Crippen molar-refractivity contribution >= 4 is 23.2 Å². The Bertz CT molecular complexity index is 485. The van der Waals surface area contributed by atoms with Gasteiger partial charge in [0.25, 0.3) is 5.91 Å². The van der Waals surface area contributed by atoms with Gasteiger partial charge in [0.1, 0.15) is 0 Å². The number of thiophene rings is 1. The average molecular weight is 310 g/mol. The van der Waals surface area contributed by atoms with Crippen LogP contribution in [0.2, 0.25) is 0 Å². The number of rotatable bonds is 8. The minimum absolute atomic E-state index is 0.0295. The SMILES string of the molecule is CC(CO)(NC(=O)CCCNC(=O)c1ccsc1)C1CC1. The summed E-state index contributed by atoms with van der Waals surface area (Å²) >= 11 is 1.48. The lowest BCUT2D eigenvalue weighted by atomic mass is 9.96. The molecule has 1 aromatic rings. The van der Waals surface area contributed by atoms with Crippen molar-refractivity contribution in [3.05, 3.63) is 22.4 Å². The maximum atomic E-state index is 11.9. The Morgan fingerprint density at radius 1 is 1.48 bits per heavy atom. The second-order valence-corrected chi connectivity index (χ2v) is 6.55. The molecule has 1 unspecified atom stereocenters. The van der Waals surface area contributed by atoms with Crippen LogP contribution in [0.25, 0.3) is 0 Å². The van der Waals surface area contributed by atoms with E-state index in [1.165, 1.54) is 11.3 Å². The molecule has 1 heterocycles. The van der Waals surface area contributed by atoms with Gasteiger partial charge in [0.05, 0.1) is 12.1 Å². The molecular weight excluding hydrogens is 288 g/mol. The largest absolute Gasteiger partial charge is 0.394 e. The second-order valence-electron chi connectivity index (χ2n) is 5.77. The molecule has 1 aliphatic rings. The Hall–Kier alpha value is -1.40. The monoisotopic (exact) mass is 310 g/mol. The molecule has 0 aromatic carbocycles. The van der Waals surface area contributed by atoms with Crippen molar-refractivity contribution in [2.75, 3.05) is 13.2 Å². The van der Waals surface area contributed by atoms with E-state index in [1.54, 1.807) is 11.4 Å². The first kappa shape index (κ1) is 16.0. The number of nitrogens with one attached hydrogen (secondary N) is 2. The van der Waals surface area contributed by atoms with E-state index in [-0.39, 0.29) is 18.4 Å². The fourth-order valence-corrected chi connectivity index (χ4v) is 2.95. The highest BCUT2D eigenvalue weighted by Gasteiger charge is 2.41. The number of carbonyl (C=O) groups is 2. The third kappa shape index (κ3) is 4.54. The van der Waals surface area contributed by atoms with Crippen LogP contribution in [0.1, 0.15) is 43.0 Å². The predicted molar refractivity (Wildman–Crippen MR) is 82.2 cm³/mol. The molecule has 0 bridgehead atoms.